The summed E-state index contributed by atoms with van der Waals surface area (Å²) in [6.45, 7) is 0.485. The lowest BCUT2D eigenvalue weighted by atomic mass is 10.0. The second kappa shape index (κ2) is 6.20. The van der Waals surface area contributed by atoms with Crippen LogP contribution in [0.3, 0.4) is 0 Å². The van der Waals surface area contributed by atoms with Gasteiger partial charge in [0.15, 0.2) is 5.82 Å². The third kappa shape index (κ3) is 3.08. The number of hydrogen-bond donors (Lipinski definition) is 1. The molecule has 7 heteroatoms. The van der Waals surface area contributed by atoms with E-state index in [1.54, 1.807) is 42.3 Å². The predicted molar refractivity (Wildman–Crippen MR) is 82.8 cm³/mol. The SMILES string of the molecule is Cn1cnc(-c2ccc(C(=O)N3CCCCC3C(=O)O)cc2)n1. The fourth-order valence-corrected chi connectivity index (χ4v) is 2.83. The summed E-state index contributed by atoms with van der Waals surface area (Å²) in [7, 11) is 1.79. The number of carboxylic acid groups (broad SMARTS) is 1. The molecule has 0 radical (unpaired) electrons. The molecule has 3 rings (SSSR count). The van der Waals surface area contributed by atoms with Gasteiger partial charge in [-0.05, 0) is 31.4 Å². The minimum absolute atomic E-state index is 0.238. The molecule has 1 atom stereocenters. The van der Waals surface area contributed by atoms with Crippen molar-refractivity contribution in [3.05, 3.63) is 36.2 Å². The van der Waals surface area contributed by atoms with Gasteiger partial charge in [-0.25, -0.2) is 9.78 Å². The molecule has 1 unspecified atom stereocenters. The molecule has 1 N–H and O–H groups in total. The Kier molecular flexibility index (Phi) is 4.10. The van der Waals surface area contributed by atoms with Crippen LogP contribution in [0.4, 0.5) is 0 Å². The summed E-state index contributed by atoms with van der Waals surface area (Å²) < 4.78 is 1.61. The van der Waals surface area contributed by atoms with Gasteiger partial charge in [-0.3, -0.25) is 9.48 Å². The lowest BCUT2D eigenvalue weighted by Crippen LogP contribution is -2.47. The number of aliphatic carboxylic acids is 1. The zero-order chi connectivity index (χ0) is 16.4. The van der Waals surface area contributed by atoms with E-state index in [9.17, 15) is 14.7 Å². The van der Waals surface area contributed by atoms with Crippen LogP contribution in [0, 0.1) is 0 Å². The number of piperidine rings is 1. The van der Waals surface area contributed by atoms with Crippen LogP contribution in [-0.4, -0.2) is 49.2 Å². The first-order valence-electron chi connectivity index (χ1n) is 7.56. The molecule has 1 aromatic carbocycles. The summed E-state index contributed by atoms with van der Waals surface area (Å²) in [5.41, 5.74) is 1.30. The summed E-state index contributed by atoms with van der Waals surface area (Å²) in [4.78, 5) is 29.5. The van der Waals surface area contributed by atoms with E-state index in [1.807, 2.05) is 0 Å². The monoisotopic (exact) mass is 314 g/mol. The third-order valence-electron chi connectivity index (χ3n) is 4.04. The number of rotatable bonds is 3. The van der Waals surface area contributed by atoms with Crippen molar-refractivity contribution in [2.75, 3.05) is 6.54 Å². The van der Waals surface area contributed by atoms with Crippen LogP contribution >= 0.6 is 0 Å². The van der Waals surface area contributed by atoms with Crippen molar-refractivity contribution >= 4 is 11.9 Å². The Bertz CT molecular complexity index is 723. The summed E-state index contributed by atoms with van der Waals surface area (Å²) >= 11 is 0. The number of carbonyl (C=O) groups excluding carboxylic acids is 1. The first kappa shape index (κ1) is 15.2. The Balaban J connectivity index is 1.80. The smallest absolute Gasteiger partial charge is 0.326 e. The summed E-state index contributed by atoms with van der Waals surface area (Å²) in [6.07, 6.45) is 3.80. The highest BCUT2D eigenvalue weighted by Gasteiger charge is 2.32. The number of aryl methyl sites for hydroxylation is 1. The van der Waals surface area contributed by atoms with Crippen LogP contribution in [0.5, 0.6) is 0 Å². The highest BCUT2D eigenvalue weighted by Crippen LogP contribution is 2.21. The molecule has 1 saturated heterocycles. The van der Waals surface area contributed by atoms with Crippen molar-refractivity contribution in [2.24, 2.45) is 7.05 Å². The van der Waals surface area contributed by atoms with Gasteiger partial charge >= 0.3 is 5.97 Å². The number of aromatic nitrogens is 3. The van der Waals surface area contributed by atoms with Gasteiger partial charge in [0.2, 0.25) is 0 Å². The van der Waals surface area contributed by atoms with Gasteiger partial charge in [0, 0.05) is 24.7 Å². The molecule has 1 aliphatic rings. The van der Waals surface area contributed by atoms with Gasteiger partial charge in [0.05, 0.1) is 0 Å². The van der Waals surface area contributed by atoms with Crippen LogP contribution in [0.2, 0.25) is 0 Å². The quantitative estimate of drug-likeness (QED) is 0.929. The Morgan fingerprint density at radius 3 is 2.57 bits per heavy atom. The molecule has 1 fully saturated rings. The predicted octanol–water partition coefficient (Wildman–Crippen LogP) is 1.56. The van der Waals surface area contributed by atoms with Crippen LogP contribution in [0.25, 0.3) is 11.4 Å². The lowest BCUT2D eigenvalue weighted by Gasteiger charge is -2.33. The molecule has 0 spiro atoms. The lowest BCUT2D eigenvalue weighted by molar-refractivity contribution is -0.143. The van der Waals surface area contributed by atoms with Gasteiger partial charge in [-0.2, -0.15) is 5.10 Å². The second-order valence-corrected chi connectivity index (χ2v) is 5.67. The molecule has 0 aliphatic carbocycles. The van der Waals surface area contributed by atoms with E-state index in [1.165, 1.54) is 4.90 Å². The van der Waals surface area contributed by atoms with Gasteiger partial charge in [0.1, 0.15) is 12.4 Å². The largest absolute Gasteiger partial charge is 0.480 e. The van der Waals surface area contributed by atoms with Crippen molar-refractivity contribution < 1.29 is 14.7 Å². The topological polar surface area (TPSA) is 88.3 Å². The van der Waals surface area contributed by atoms with E-state index < -0.39 is 12.0 Å². The molecular weight excluding hydrogens is 296 g/mol. The summed E-state index contributed by atoms with van der Waals surface area (Å²) in [5.74, 6) is -0.585. The molecule has 120 valence electrons. The van der Waals surface area contributed by atoms with Crippen molar-refractivity contribution in [1.82, 2.24) is 19.7 Å². The van der Waals surface area contributed by atoms with Crippen molar-refractivity contribution in [1.29, 1.82) is 0 Å². The number of benzene rings is 1. The molecule has 2 heterocycles. The number of nitrogens with zero attached hydrogens (tertiary/aromatic N) is 4. The fraction of sp³-hybridized carbons (Fsp3) is 0.375. The number of carboxylic acids is 1. The maximum atomic E-state index is 12.6. The summed E-state index contributed by atoms with van der Waals surface area (Å²) in [6, 6.07) is 6.22. The molecular formula is C16H18N4O3. The maximum absolute atomic E-state index is 12.6. The van der Waals surface area contributed by atoms with Gasteiger partial charge in [0.25, 0.3) is 5.91 Å². The highest BCUT2D eigenvalue weighted by atomic mass is 16.4. The second-order valence-electron chi connectivity index (χ2n) is 5.67. The van der Waals surface area contributed by atoms with Gasteiger partial charge in [-0.1, -0.05) is 12.1 Å². The first-order valence-corrected chi connectivity index (χ1v) is 7.56. The van der Waals surface area contributed by atoms with Crippen LogP contribution in [0.1, 0.15) is 29.6 Å². The average molecular weight is 314 g/mol. The standard InChI is InChI=1S/C16H18N4O3/c1-19-10-17-14(18-19)11-5-7-12(8-6-11)15(21)20-9-3-2-4-13(20)16(22)23/h5-8,10,13H,2-4,9H2,1H3,(H,22,23). The van der Waals surface area contributed by atoms with Gasteiger partial charge < -0.3 is 10.0 Å². The molecule has 23 heavy (non-hydrogen) atoms. The minimum Gasteiger partial charge on any atom is -0.480 e. The average Bonchev–Trinajstić information content (AvgIpc) is 3.01. The van der Waals surface area contributed by atoms with Gasteiger partial charge in [-0.15, -0.1) is 0 Å². The van der Waals surface area contributed by atoms with E-state index in [0.29, 0.717) is 24.4 Å². The Morgan fingerprint density at radius 2 is 1.96 bits per heavy atom. The van der Waals surface area contributed by atoms with Crippen molar-refractivity contribution in [2.45, 2.75) is 25.3 Å². The van der Waals surface area contributed by atoms with E-state index in [-0.39, 0.29) is 5.91 Å². The molecule has 0 saturated carbocycles. The third-order valence-corrected chi connectivity index (χ3v) is 4.04. The van der Waals surface area contributed by atoms with E-state index >= 15 is 0 Å². The zero-order valence-electron chi connectivity index (χ0n) is 12.8. The Morgan fingerprint density at radius 1 is 1.22 bits per heavy atom. The maximum Gasteiger partial charge on any atom is 0.326 e. The first-order chi connectivity index (χ1) is 11.1. The van der Waals surface area contributed by atoms with Crippen LogP contribution in [0.15, 0.2) is 30.6 Å². The number of amides is 1. The van der Waals surface area contributed by atoms with Crippen molar-refractivity contribution in [3.63, 3.8) is 0 Å². The molecule has 1 amide bonds. The molecule has 1 aromatic heterocycles. The van der Waals surface area contributed by atoms with E-state index in [2.05, 4.69) is 10.1 Å². The highest BCUT2D eigenvalue weighted by molar-refractivity contribution is 5.97. The van der Waals surface area contributed by atoms with E-state index in [4.69, 9.17) is 0 Å². The Hall–Kier alpha value is -2.70. The van der Waals surface area contributed by atoms with E-state index in [0.717, 1.165) is 18.4 Å². The van der Waals surface area contributed by atoms with Crippen LogP contribution in [-0.2, 0) is 11.8 Å². The Labute approximate surface area is 133 Å². The normalized spacial score (nSPS) is 18.0. The molecule has 1 aliphatic heterocycles. The number of likely N-dealkylation sites (tertiary alicyclic amines) is 1. The molecule has 7 nitrogen and oxygen atoms in total. The summed E-state index contributed by atoms with van der Waals surface area (Å²) in [5, 5.41) is 13.5. The number of carbonyl (C=O) groups is 2. The fourth-order valence-electron chi connectivity index (χ4n) is 2.83. The number of hydrogen-bond acceptors (Lipinski definition) is 4. The molecule has 0 bridgehead atoms. The zero-order valence-corrected chi connectivity index (χ0v) is 12.8. The van der Waals surface area contributed by atoms with Crippen LogP contribution < -0.4 is 0 Å². The minimum atomic E-state index is -0.938. The molecule has 2 aromatic rings. The van der Waals surface area contributed by atoms with Crippen molar-refractivity contribution in [3.8, 4) is 11.4 Å².